The molecule has 20 heavy (non-hydrogen) atoms. The number of allylic oxidation sites excluding steroid dienone is 2. The normalized spacial score (nSPS) is 13.3. The number of hydrogen-bond acceptors (Lipinski definition) is 1. The van der Waals surface area contributed by atoms with Gasteiger partial charge >= 0.3 is 5.97 Å². The minimum Gasteiger partial charge on any atom is -0.481 e. The van der Waals surface area contributed by atoms with Crippen LogP contribution in [0.15, 0.2) is 24.6 Å². The fraction of sp³-hybridized carbons (Fsp3) is 0.706. The molecule has 0 aromatic rings. The first-order valence-electron chi connectivity index (χ1n) is 8.21. The molecule has 0 aromatic heterocycles. The lowest BCUT2D eigenvalue weighted by molar-refractivity contribution is -0.787. The second-order valence-electron chi connectivity index (χ2n) is 5.02. The predicted octanol–water partition coefficient (Wildman–Crippen LogP) is 3.53. The first-order chi connectivity index (χ1) is 9.79. The Balaban J connectivity index is 0.00000172. The van der Waals surface area contributed by atoms with Crippen molar-refractivity contribution in [3.8, 4) is 0 Å². The van der Waals surface area contributed by atoms with Gasteiger partial charge in [0, 0.05) is 6.42 Å². The van der Waals surface area contributed by atoms with Crippen molar-refractivity contribution in [1.29, 1.82) is 0 Å². The summed E-state index contributed by atoms with van der Waals surface area (Å²) in [5.41, 5.74) is 0. The zero-order chi connectivity index (χ0) is 15.1. The maximum atomic E-state index is 10.3. The van der Waals surface area contributed by atoms with Gasteiger partial charge in [-0.25, -0.2) is 0 Å². The van der Waals surface area contributed by atoms with E-state index in [0.29, 0.717) is 6.42 Å². The van der Waals surface area contributed by atoms with E-state index in [1.54, 1.807) is 0 Å². The van der Waals surface area contributed by atoms with Gasteiger partial charge in [-0.15, -0.1) is 0 Å². The first-order valence-corrected chi connectivity index (χ1v) is 8.21. The molecule has 1 heterocycles. The summed E-state index contributed by atoms with van der Waals surface area (Å²) in [5.74, 6) is -0.664. The minimum absolute atomic E-state index is 0.333. The minimum atomic E-state index is -0.664. The molecule has 1 rings (SSSR count). The van der Waals surface area contributed by atoms with Gasteiger partial charge in [0.2, 0.25) is 0 Å². The summed E-state index contributed by atoms with van der Waals surface area (Å²) < 4.78 is 0. The molecule has 1 aliphatic rings. The van der Waals surface area contributed by atoms with E-state index in [-0.39, 0.29) is 0 Å². The number of carboxylic acids is 1. The highest BCUT2D eigenvalue weighted by Crippen LogP contribution is 2.09. The highest BCUT2D eigenvalue weighted by Gasteiger charge is 2.02. The molecule has 0 aliphatic carbocycles. The Labute approximate surface area is 124 Å². The van der Waals surface area contributed by atoms with Crippen LogP contribution < -0.4 is 4.90 Å². The molecule has 3 heteroatoms. The standard InChI is InChI=1S/C15H25NO2.C2H6/c17-15(18)11-7-5-3-1-2-4-6-8-12-16-13-9-10-14-16;1-2/h9-10,13-14H,1-8,11-12H2,(H,17,18);1-2H3/p+1. The molecule has 0 spiro atoms. The largest absolute Gasteiger partial charge is 0.481 e. The number of unbranched alkanes of at least 4 members (excludes halogenated alkanes) is 7. The van der Waals surface area contributed by atoms with Gasteiger partial charge in [-0.05, 0) is 31.4 Å². The Kier molecular flexibility index (Phi) is 13.5. The highest BCUT2D eigenvalue weighted by atomic mass is 16.4. The van der Waals surface area contributed by atoms with E-state index in [4.69, 9.17) is 5.11 Å². The van der Waals surface area contributed by atoms with E-state index in [1.807, 2.05) is 13.8 Å². The fourth-order valence-electron chi connectivity index (χ4n) is 2.25. The third-order valence-corrected chi connectivity index (χ3v) is 3.34. The van der Waals surface area contributed by atoms with Crippen LogP contribution in [-0.2, 0) is 4.79 Å². The van der Waals surface area contributed by atoms with E-state index in [2.05, 4.69) is 24.6 Å². The van der Waals surface area contributed by atoms with E-state index in [9.17, 15) is 4.79 Å². The van der Waals surface area contributed by atoms with Gasteiger partial charge < -0.3 is 5.11 Å². The van der Waals surface area contributed by atoms with Crippen molar-refractivity contribution in [2.75, 3.05) is 6.54 Å². The number of nitrogens with one attached hydrogen (secondary N) is 1. The van der Waals surface area contributed by atoms with Gasteiger partial charge in [-0.3, -0.25) is 9.69 Å². The van der Waals surface area contributed by atoms with Crippen LogP contribution in [0.1, 0.15) is 71.6 Å². The van der Waals surface area contributed by atoms with Crippen LogP contribution in [0.25, 0.3) is 0 Å². The third-order valence-electron chi connectivity index (χ3n) is 3.34. The van der Waals surface area contributed by atoms with Crippen molar-refractivity contribution in [2.24, 2.45) is 0 Å². The smallest absolute Gasteiger partial charge is 0.303 e. The number of carboxylic acid groups (broad SMARTS) is 1. The Bertz CT molecular complexity index is 273. The van der Waals surface area contributed by atoms with Gasteiger partial charge in [0.1, 0.15) is 0 Å². The summed E-state index contributed by atoms with van der Waals surface area (Å²) in [4.78, 5) is 11.8. The number of aliphatic carboxylic acids is 1. The zero-order valence-corrected chi connectivity index (χ0v) is 13.2. The van der Waals surface area contributed by atoms with E-state index in [1.165, 1.54) is 50.0 Å². The van der Waals surface area contributed by atoms with E-state index < -0.39 is 5.97 Å². The van der Waals surface area contributed by atoms with Gasteiger partial charge in [-0.2, -0.15) is 0 Å². The van der Waals surface area contributed by atoms with Gasteiger partial charge in [0.15, 0.2) is 0 Å². The van der Waals surface area contributed by atoms with Gasteiger partial charge in [0.05, 0.1) is 18.9 Å². The van der Waals surface area contributed by atoms with E-state index >= 15 is 0 Å². The lowest BCUT2D eigenvalue weighted by Crippen LogP contribution is -3.01. The average Bonchev–Trinajstić information content (AvgIpc) is 2.96. The predicted molar refractivity (Wildman–Crippen MR) is 84.6 cm³/mol. The summed E-state index contributed by atoms with van der Waals surface area (Å²) in [6.07, 6.45) is 18.5. The number of hydrogen-bond donors (Lipinski definition) is 2. The third kappa shape index (κ3) is 12.0. The van der Waals surface area contributed by atoms with Crippen LogP contribution in [0.3, 0.4) is 0 Å². The van der Waals surface area contributed by atoms with E-state index in [0.717, 1.165) is 12.8 Å². The van der Waals surface area contributed by atoms with Crippen LogP contribution in [0.4, 0.5) is 0 Å². The topological polar surface area (TPSA) is 41.7 Å². The van der Waals surface area contributed by atoms with Crippen molar-refractivity contribution >= 4 is 5.97 Å². The SMILES string of the molecule is CC.O=C(O)CCCCCCCCCC[NH+]1C=CC=C1. The Morgan fingerprint density at radius 1 is 0.850 bits per heavy atom. The summed E-state index contributed by atoms with van der Waals surface area (Å²) in [7, 11) is 0. The van der Waals surface area contributed by atoms with Crippen LogP contribution in [0.2, 0.25) is 0 Å². The van der Waals surface area contributed by atoms with Crippen LogP contribution >= 0.6 is 0 Å². The quantitative estimate of drug-likeness (QED) is 0.569. The zero-order valence-electron chi connectivity index (χ0n) is 13.2. The van der Waals surface area contributed by atoms with Crippen molar-refractivity contribution in [2.45, 2.75) is 71.6 Å². The molecule has 1 aliphatic heterocycles. The summed E-state index contributed by atoms with van der Waals surface area (Å²) in [6, 6.07) is 0. The van der Waals surface area contributed by atoms with Crippen molar-refractivity contribution in [3.05, 3.63) is 24.6 Å². The van der Waals surface area contributed by atoms with Crippen LogP contribution in [0, 0.1) is 0 Å². The lowest BCUT2D eigenvalue weighted by atomic mass is 10.1. The first kappa shape index (κ1) is 18.9. The second kappa shape index (κ2) is 14.3. The molecule has 0 fully saturated rings. The second-order valence-corrected chi connectivity index (χ2v) is 5.02. The van der Waals surface area contributed by atoms with Crippen LogP contribution in [-0.4, -0.2) is 17.6 Å². The molecule has 0 atom stereocenters. The van der Waals surface area contributed by atoms with Gasteiger partial charge in [-0.1, -0.05) is 46.0 Å². The molecule has 0 aromatic carbocycles. The molecule has 0 unspecified atom stereocenters. The molecule has 2 N–H and O–H groups in total. The van der Waals surface area contributed by atoms with Crippen molar-refractivity contribution in [1.82, 2.24) is 0 Å². The molecule has 0 bridgehead atoms. The maximum absolute atomic E-state index is 10.3. The molecule has 0 amide bonds. The molecular formula is C17H32NO2+. The van der Waals surface area contributed by atoms with Crippen molar-refractivity contribution in [3.63, 3.8) is 0 Å². The highest BCUT2D eigenvalue weighted by molar-refractivity contribution is 5.66. The summed E-state index contributed by atoms with van der Waals surface area (Å²) in [6.45, 7) is 5.21. The maximum Gasteiger partial charge on any atom is 0.303 e. The molecule has 0 radical (unpaired) electrons. The Morgan fingerprint density at radius 3 is 1.80 bits per heavy atom. The number of rotatable bonds is 11. The van der Waals surface area contributed by atoms with Crippen molar-refractivity contribution < 1.29 is 14.8 Å². The molecule has 116 valence electrons. The molecule has 0 saturated heterocycles. The fourth-order valence-corrected chi connectivity index (χ4v) is 2.25. The van der Waals surface area contributed by atoms with Gasteiger partial charge in [0.25, 0.3) is 0 Å². The number of quaternary nitrogens is 1. The Hall–Kier alpha value is -1.09. The summed E-state index contributed by atoms with van der Waals surface area (Å²) in [5, 5.41) is 8.49. The van der Waals surface area contributed by atoms with Crippen LogP contribution in [0.5, 0.6) is 0 Å². The molecule has 0 saturated carbocycles. The Morgan fingerprint density at radius 2 is 1.30 bits per heavy atom. The monoisotopic (exact) mass is 282 g/mol. The molecule has 3 nitrogen and oxygen atoms in total. The number of carbonyl (C=O) groups is 1. The average molecular weight is 282 g/mol. The lowest BCUT2D eigenvalue weighted by Gasteiger charge is -2.06. The molecular weight excluding hydrogens is 250 g/mol. The summed E-state index contributed by atoms with van der Waals surface area (Å²) >= 11 is 0.